The number of carbonyl (C=O) groups excluding carboxylic acids is 3. The number of aromatic hydroxyl groups is 1. The fraction of sp³-hybridized carbons (Fsp3) is 0.167. The van der Waals surface area contributed by atoms with Crippen LogP contribution in [0.5, 0.6) is 5.75 Å². The van der Waals surface area contributed by atoms with Gasteiger partial charge in [0.2, 0.25) is 6.41 Å². The van der Waals surface area contributed by atoms with Crippen molar-refractivity contribution in [2.45, 2.75) is 12.6 Å². The van der Waals surface area contributed by atoms with Crippen LogP contribution in [0.15, 0.2) is 46.9 Å². The number of benzene rings is 2. The minimum atomic E-state index is -0.644. The van der Waals surface area contributed by atoms with Crippen LogP contribution in [0.1, 0.15) is 27.5 Å². The maximum Gasteiger partial charge on any atom is 0.321 e. The van der Waals surface area contributed by atoms with Crippen LogP contribution in [0.4, 0.5) is 4.79 Å². The molecule has 8 heteroatoms. The molecule has 0 unspecified atom stereocenters. The van der Waals surface area contributed by atoms with Crippen molar-refractivity contribution in [3.8, 4) is 5.75 Å². The maximum absolute atomic E-state index is 12.6. The summed E-state index contributed by atoms with van der Waals surface area (Å²) in [5.41, 5.74) is 2.07. The number of phenols is 1. The first-order valence-corrected chi connectivity index (χ1v) is 8.64. The van der Waals surface area contributed by atoms with E-state index in [1.54, 1.807) is 11.0 Å². The molecule has 26 heavy (non-hydrogen) atoms. The lowest BCUT2D eigenvalue weighted by Gasteiger charge is -2.25. The number of nitrogens with one attached hydrogen (secondary N) is 2. The standard InChI is InChI=1S/C18H16BrN3O4/c19-13-4-1-11(2-5-13)16(21-18(26)20-10-23)9-22-8-12-3-6-14(24)7-15(12)17(22)25/h1-7,10,16,24H,8-9H2,(H2,20,21,23,26)/t16-/m0/s1. The smallest absolute Gasteiger partial charge is 0.321 e. The van der Waals surface area contributed by atoms with E-state index in [1.165, 1.54) is 12.1 Å². The van der Waals surface area contributed by atoms with Crippen LogP contribution in [0.2, 0.25) is 0 Å². The molecule has 0 saturated heterocycles. The number of carbonyl (C=O) groups is 3. The molecule has 1 atom stereocenters. The molecule has 0 spiro atoms. The molecule has 4 amide bonds. The normalized spacial score (nSPS) is 13.9. The lowest BCUT2D eigenvalue weighted by atomic mass is 10.1. The van der Waals surface area contributed by atoms with Crippen LogP contribution in [0, 0.1) is 0 Å². The van der Waals surface area contributed by atoms with E-state index in [0.717, 1.165) is 15.6 Å². The zero-order chi connectivity index (χ0) is 18.7. The summed E-state index contributed by atoms with van der Waals surface area (Å²) >= 11 is 3.36. The fourth-order valence-corrected chi connectivity index (χ4v) is 3.16. The average molecular weight is 418 g/mol. The highest BCUT2D eigenvalue weighted by atomic mass is 79.9. The number of phenolic OH excluding ortho intramolecular Hbond substituents is 1. The largest absolute Gasteiger partial charge is 0.508 e. The van der Waals surface area contributed by atoms with Crippen LogP contribution < -0.4 is 10.6 Å². The highest BCUT2D eigenvalue weighted by molar-refractivity contribution is 9.10. The second kappa shape index (κ2) is 7.57. The molecule has 3 N–H and O–H groups in total. The van der Waals surface area contributed by atoms with Crippen molar-refractivity contribution in [2.75, 3.05) is 6.54 Å². The Bertz CT molecular complexity index is 854. The van der Waals surface area contributed by atoms with Crippen molar-refractivity contribution in [2.24, 2.45) is 0 Å². The van der Waals surface area contributed by atoms with Gasteiger partial charge in [0.05, 0.1) is 6.04 Å². The third kappa shape index (κ3) is 3.85. The van der Waals surface area contributed by atoms with Crippen LogP contribution in [0.25, 0.3) is 0 Å². The van der Waals surface area contributed by atoms with Gasteiger partial charge < -0.3 is 15.3 Å². The van der Waals surface area contributed by atoms with Crippen LogP contribution >= 0.6 is 15.9 Å². The maximum atomic E-state index is 12.6. The van der Waals surface area contributed by atoms with Crippen molar-refractivity contribution in [1.29, 1.82) is 0 Å². The van der Waals surface area contributed by atoms with Crippen molar-refractivity contribution in [1.82, 2.24) is 15.5 Å². The topological polar surface area (TPSA) is 98.7 Å². The summed E-state index contributed by atoms with van der Waals surface area (Å²) in [4.78, 5) is 36.5. The first kappa shape index (κ1) is 17.9. The Morgan fingerprint density at radius 2 is 2.00 bits per heavy atom. The first-order chi connectivity index (χ1) is 12.5. The molecular weight excluding hydrogens is 402 g/mol. The molecule has 2 aromatic carbocycles. The van der Waals surface area contributed by atoms with E-state index in [1.807, 2.05) is 29.6 Å². The van der Waals surface area contributed by atoms with Crippen molar-refractivity contribution in [3.63, 3.8) is 0 Å². The summed E-state index contributed by atoms with van der Waals surface area (Å²) in [7, 11) is 0. The molecule has 0 bridgehead atoms. The Hall–Kier alpha value is -2.87. The van der Waals surface area contributed by atoms with Gasteiger partial charge in [0.25, 0.3) is 5.91 Å². The third-order valence-corrected chi connectivity index (χ3v) is 4.67. The van der Waals surface area contributed by atoms with Gasteiger partial charge in [-0.3, -0.25) is 14.9 Å². The van der Waals surface area contributed by atoms with Gasteiger partial charge >= 0.3 is 6.03 Å². The fourth-order valence-electron chi connectivity index (χ4n) is 2.90. The van der Waals surface area contributed by atoms with Gasteiger partial charge in [-0.25, -0.2) is 4.79 Å². The molecule has 1 aliphatic heterocycles. The summed E-state index contributed by atoms with van der Waals surface area (Å²) < 4.78 is 0.887. The Morgan fingerprint density at radius 3 is 2.69 bits per heavy atom. The third-order valence-electron chi connectivity index (χ3n) is 4.14. The van der Waals surface area contributed by atoms with Crippen LogP contribution in [-0.4, -0.2) is 34.9 Å². The zero-order valence-corrected chi connectivity index (χ0v) is 15.2. The van der Waals surface area contributed by atoms with E-state index in [2.05, 4.69) is 21.2 Å². The summed E-state index contributed by atoms with van der Waals surface area (Å²) in [5.74, 6) is -0.178. The predicted octanol–water partition coefficient (Wildman–Crippen LogP) is 2.31. The van der Waals surface area contributed by atoms with Gasteiger partial charge in [-0.2, -0.15) is 0 Å². The Balaban J connectivity index is 1.81. The van der Waals surface area contributed by atoms with E-state index >= 15 is 0 Å². The predicted molar refractivity (Wildman–Crippen MR) is 97.5 cm³/mol. The zero-order valence-electron chi connectivity index (χ0n) is 13.6. The van der Waals surface area contributed by atoms with E-state index in [9.17, 15) is 19.5 Å². The van der Waals surface area contributed by atoms with E-state index in [0.29, 0.717) is 18.5 Å². The molecule has 0 fully saturated rings. The number of hydrogen-bond acceptors (Lipinski definition) is 4. The molecule has 0 saturated carbocycles. The van der Waals surface area contributed by atoms with Crippen LogP contribution in [-0.2, 0) is 11.3 Å². The van der Waals surface area contributed by atoms with Crippen LogP contribution in [0.3, 0.4) is 0 Å². The Kier molecular flexibility index (Phi) is 5.22. The average Bonchev–Trinajstić information content (AvgIpc) is 2.91. The first-order valence-electron chi connectivity index (χ1n) is 7.85. The monoisotopic (exact) mass is 417 g/mol. The van der Waals surface area contributed by atoms with Gasteiger partial charge in [0, 0.05) is 23.1 Å². The molecule has 1 aliphatic rings. The van der Waals surface area contributed by atoms with Gasteiger partial charge in [0.1, 0.15) is 5.75 Å². The quantitative estimate of drug-likeness (QED) is 0.649. The molecule has 0 aliphatic carbocycles. The van der Waals surface area contributed by atoms with Gasteiger partial charge in [-0.1, -0.05) is 34.1 Å². The summed E-state index contributed by atoms with van der Waals surface area (Å²) in [6.45, 7) is 0.612. The molecule has 2 aromatic rings. The lowest BCUT2D eigenvalue weighted by molar-refractivity contribution is -0.108. The highest BCUT2D eigenvalue weighted by Crippen LogP contribution is 2.28. The number of imide groups is 1. The number of fused-ring (bicyclic) bond motifs is 1. The number of amides is 4. The number of urea groups is 1. The minimum Gasteiger partial charge on any atom is -0.508 e. The van der Waals surface area contributed by atoms with E-state index in [-0.39, 0.29) is 18.2 Å². The van der Waals surface area contributed by atoms with Crippen molar-refractivity contribution < 1.29 is 19.5 Å². The van der Waals surface area contributed by atoms with Gasteiger partial charge in [0.15, 0.2) is 0 Å². The Morgan fingerprint density at radius 1 is 1.27 bits per heavy atom. The molecule has 7 nitrogen and oxygen atoms in total. The molecular formula is C18H16BrN3O4. The van der Waals surface area contributed by atoms with Gasteiger partial charge in [-0.15, -0.1) is 0 Å². The molecule has 134 valence electrons. The molecule has 3 rings (SSSR count). The minimum absolute atomic E-state index is 0.0342. The number of hydrogen-bond donors (Lipinski definition) is 3. The SMILES string of the molecule is O=CNC(=O)N[C@@H](CN1Cc2ccc(O)cc2C1=O)c1ccc(Br)cc1. The molecule has 1 heterocycles. The van der Waals surface area contributed by atoms with E-state index < -0.39 is 12.1 Å². The Labute approximate surface area is 158 Å². The second-order valence-corrected chi connectivity index (χ2v) is 6.78. The van der Waals surface area contributed by atoms with Crippen molar-refractivity contribution in [3.05, 3.63) is 63.6 Å². The van der Waals surface area contributed by atoms with E-state index in [4.69, 9.17) is 0 Å². The number of halogens is 1. The summed E-state index contributed by atoms with van der Waals surface area (Å²) in [6.07, 6.45) is 0.299. The number of rotatable bonds is 5. The van der Waals surface area contributed by atoms with Crippen molar-refractivity contribution >= 4 is 34.3 Å². The number of nitrogens with zero attached hydrogens (tertiary/aromatic N) is 1. The summed E-state index contributed by atoms with van der Waals surface area (Å²) in [5, 5.41) is 14.3. The lowest BCUT2D eigenvalue weighted by Crippen LogP contribution is -2.42. The van der Waals surface area contributed by atoms with Gasteiger partial charge in [-0.05, 0) is 35.4 Å². The summed E-state index contributed by atoms with van der Waals surface area (Å²) in [6, 6.07) is 10.9. The highest BCUT2D eigenvalue weighted by Gasteiger charge is 2.30. The second-order valence-electron chi connectivity index (χ2n) is 5.87. The molecule has 0 aromatic heterocycles. The molecule has 0 radical (unpaired) electrons.